The van der Waals surface area contributed by atoms with Crippen LogP contribution in [0.3, 0.4) is 0 Å². The number of thiazole rings is 1. The smallest absolute Gasteiger partial charge is 0.261 e. The average Bonchev–Trinajstić information content (AvgIpc) is 3.40. The number of aryl methyl sites for hydroxylation is 3. The molecule has 1 N–H and O–H groups in total. The normalized spacial score (nSPS) is 15.0. The lowest BCUT2D eigenvalue weighted by Crippen LogP contribution is -2.31. The summed E-state index contributed by atoms with van der Waals surface area (Å²) in [7, 11) is 0. The Morgan fingerprint density at radius 1 is 1.37 bits per heavy atom. The van der Waals surface area contributed by atoms with E-state index in [0.29, 0.717) is 17.8 Å². The zero-order valence-electron chi connectivity index (χ0n) is 15.4. The molecule has 2 heterocycles. The van der Waals surface area contributed by atoms with Gasteiger partial charge in [-0.05, 0) is 44.2 Å². The number of carbonyl (C=O) groups excluding carboxylic acids is 1. The summed E-state index contributed by atoms with van der Waals surface area (Å²) in [6.45, 7) is 4.22. The molecule has 0 saturated heterocycles. The largest absolute Gasteiger partial charge is 0.347 e. The maximum atomic E-state index is 12.6. The van der Waals surface area contributed by atoms with E-state index >= 15 is 0 Å². The van der Waals surface area contributed by atoms with Crippen molar-refractivity contribution in [3.8, 4) is 0 Å². The van der Waals surface area contributed by atoms with Crippen molar-refractivity contribution in [3.05, 3.63) is 56.5 Å². The number of para-hydroxylation sites is 1. The van der Waals surface area contributed by atoms with E-state index in [1.165, 1.54) is 10.9 Å². The number of benzene rings is 1. The van der Waals surface area contributed by atoms with Crippen LogP contribution >= 0.6 is 11.3 Å². The highest BCUT2D eigenvalue weighted by Gasteiger charge is 2.35. The van der Waals surface area contributed by atoms with Crippen LogP contribution in [0.25, 0.3) is 10.9 Å². The molecule has 0 bridgehead atoms. The zero-order chi connectivity index (χ0) is 19.0. The van der Waals surface area contributed by atoms with Crippen molar-refractivity contribution in [2.75, 3.05) is 0 Å². The predicted octanol–water partition coefficient (Wildman–Crippen LogP) is 3.13. The fourth-order valence-electron chi connectivity index (χ4n) is 3.29. The molecule has 1 aliphatic carbocycles. The average molecular weight is 382 g/mol. The molecule has 1 saturated carbocycles. The van der Waals surface area contributed by atoms with Crippen LogP contribution in [0.1, 0.15) is 41.6 Å². The first-order valence-electron chi connectivity index (χ1n) is 9.19. The van der Waals surface area contributed by atoms with Crippen molar-refractivity contribution in [2.24, 2.45) is 5.92 Å². The number of nitrogens with zero attached hydrogens (tertiary/aromatic N) is 3. The number of hydrogen-bond donors (Lipinski definition) is 1. The van der Waals surface area contributed by atoms with Crippen molar-refractivity contribution >= 4 is 28.1 Å². The van der Waals surface area contributed by atoms with Crippen LogP contribution in [0.4, 0.5) is 0 Å². The molecular weight excluding hydrogens is 360 g/mol. The summed E-state index contributed by atoms with van der Waals surface area (Å²) in [5, 5.41) is 6.70. The standard InChI is InChI=1S/C20H22N4O2S/c1-12-4-3-5-15-17(12)21-11-24(20(15)26)9-8-16(25)23-18(14-6-7-14)19-22-13(2)10-27-19/h3-5,10-11,14,18H,6-9H2,1-2H3,(H,23,25)/t18-/m0/s1. The molecule has 0 unspecified atom stereocenters. The number of fused-ring (bicyclic) bond motifs is 1. The third-order valence-corrected chi connectivity index (χ3v) is 5.99. The highest BCUT2D eigenvalue weighted by molar-refractivity contribution is 7.09. The van der Waals surface area contributed by atoms with Gasteiger partial charge in [0.1, 0.15) is 5.01 Å². The van der Waals surface area contributed by atoms with Crippen molar-refractivity contribution in [2.45, 2.75) is 45.7 Å². The van der Waals surface area contributed by atoms with E-state index in [2.05, 4.69) is 15.3 Å². The predicted molar refractivity (Wildman–Crippen MR) is 106 cm³/mol. The van der Waals surface area contributed by atoms with Gasteiger partial charge in [-0.2, -0.15) is 0 Å². The summed E-state index contributed by atoms with van der Waals surface area (Å²) in [5.41, 5.74) is 2.57. The summed E-state index contributed by atoms with van der Waals surface area (Å²) < 4.78 is 1.51. The fraction of sp³-hybridized carbons (Fsp3) is 0.400. The van der Waals surface area contributed by atoms with E-state index in [1.807, 2.05) is 31.4 Å². The summed E-state index contributed by atoms with van der Waals surface area (Å²) in [6, 6.07) is 5.56. The SMILES string of the molecule is Cc1csc([C@@H](NC(=O)CCn2cnc3c(C)cccc3c2=O)C2CC2)n1. The molecule has 0 aliphatic heterocycles. The minimum atomic E-state index is -0.106. The van der Waals surface area contributed by atoms with Crippen molar-refractivity contribution in [1.29, 1.82) is 0 Å². The molecule has 3 aromatic rings. The van der Waals surface area contributed by atoms with Crippen LogP contribution in [0.2, 0.25) is 0 Å². The van der Waals surface area contributed by atoms with Crippen molar-refractivity contribution in [3.63, 3.8) is 0 Å². The number of nitrogens with one attached hydrogen (secondary N) is 1. The number of amides is 1. The van der Waals surface area contributed by atoms with Gasteiger partial charge in [-0.1, -0.05) is 12.1 Å². The maximum Gasteiger partial charge on any atom is 0.261 e. The second-order valence-electron chi connectivity index (χ2n) is 7.17. The quantitative estimate of drug-likeness (QED) is 0.711. The molecular formula is C20H22N4O2S. The second kappa shape index (κ2) is 7.23. The van der Waals surface area contributed by atoms with Gasteiger partial charge >= 0.3 is 0 Å². The van der Waals surface area contributed by atoms with Crippen LogP contribution < -0.4 is 10.9 Å². The zero-order valence-corrected chi connectivity index (χ0v) is 16.3. The number of hydrogen-bond acceptors (Lipinski definition) is 5. The molecule has 6 nitrogen and oxygen atoms in total. The Labute approximate surface area is 161 Å². The van der Waals surface area contributed by atoms with Crippen molar-refractivity contribution < 1.29 is 4.79 Å². The number of carbonyl (C=O) groups is 1. The Balaban J connectivity index is 1.45. The minimum absolute atomic E-state index is 0.00898. The number of rotatable bonds is 6. The van der Waals surface area contributed by atoms with Gasteiger partial charge in [-0.15, -0.1) is 11.3 Å². The van der Waals surface area contributed by atoms with Crippen molar-refractivity contribution in [1.82, 2.24) is 19.9 Å². The van der Waals surface area contributed by atoms with E-state index in [1.54, 1.807) is 17.4 Å². The summed E-state index contributed by atoms with van der Waals surface area (Å²) in [4.78, 5) is 34.1. The molecule has 1 amide bonds. The van der Waals surface area contributed by atoms with Gasteiger partial charge in [0.2, 0.25) is 5.91 Å². The highest BCUT2D eigenvalue weighted by Crippen LogP contribution is 2.41. The topological polar surface area (TPSA) is 76.9 Å². The monoisotopic (exact) mass is 382 g/mol. The van der Waals surface area contributed by atoms with Gasteiger partial charge < -0.3 is 5.32 Å². The van der Waals surface area contributed by atoms with E-state index < -0.39 is 0 Å². The maximum absolute atomic E-state index is 12.6. The van der Waals surface area contributed by atoms with Crippen LogP contribution in [-0.2, 0) is 11.3 Å². The first-order valence-corrected chi connectivity index (χ1v) is 10.1. The first-order chi connectivity index (χ1) is 13.0. The van der Waals surface area contributed by atoms with Gasteiger partial charge in [0.15, 0.2) is 0 Å². The number of aromatic nitrogens is 3. The van der Waals surface area contributed by atoms with Crippen LogP contribution in [0, 0.1) is 19.8 Å². The van der Waals surface area contributed by atoms with E-state index in [-0.39, 0.29) is 23.9 Å². The molecule has 1 aliphatic rings. The molecule has 27 heavy (non-hydrogen) atoms. The lowest BCUT2D eigenvalue weighted by Gasteiger charge is -2.16. The second-order valence-corrected chi connectivity index (χ2v) is 8.06. The van der Waals surface area contributed by atoms with Gasteiger partial charge in [0, 0.05) is 24.0 Å². The Hall–Kier alpha value is -2.54. The summed E-state index contributed by atoms with van der Waals surface area (Å²) >= 11 is 1.60. The molecule has 7 heteroatoms. The fourth-order valence-corrected chi connectivity index (χ4v) is 4.23. The Bertz CT molecular complexity index is 1050. The van der Waals surface area contributed by atoms with Crippen LogP contribution in [0.5, 0.6) is 0 Å². The Kier molecular flexibility index (Phi) is 4.78. The van der Waals surface area contributed by atoms with E-state index in [0.717, 1.165) is 34.6 Å². The third-order valence-electron chi connectivity index (χ3n) is 4.95. The molecule has 1 fully saturated rings. The first kappa shape index (κ1) is 17.9. The Morgan fingerprint density at radius 3 is 2.89 bits per heavy atom. The molecule has 140 valence electrons. The molecule has 0 spiro atoms. The summed E-state index contributed by atoms with van der Waals surface area (Å²) in [5.74, 6) is 0.420. The molecule has 4 rings (SSSR count). The minimum Gasteiger partial charge on any atom is -0.347 e. The molecule has 1 atom stereocenters. The molecule has 0 radical (unpaired) electrons. The van der Waals surface area contributed by atoms with Gasteiger partial charge in [0.25, 0.3) is 5.56 Å². The van der Waals surface area contributed by atoms with Crippen LogP contribution in [-0.4, -0.2) is 20.4 Å². The lowest BCUT2D eigenvalue weighted by atomic mass is 10.1. The van der Waals surface area contributed by atoms with Crippen LogP contribution in [0.15, 0.2) is 34.7 Å². The third kappa shape index (κ3) is 3.78. The van der Waals surface area contributed by atoms with E-state index in [4.69, 9.17) is 0 Å². The molecule has 2 aromatic heterocycles. The van der Waals surface area contributed by atoms with Gasteiger partial charge in [-0.25, -0.2) is 9.97 Å². The van der Waals surface area contributed by atoms with Gasteiger partial charge in [0.05, 0.1) is 23.3 Å². The highest BCUT2D eigenvalue weighted by atomic mass is 32.1. The van der Waals surface area contributed by atoms with Gasteiger partial charge in [-0.3, -0.25) is 14.2 Å². The summed E-state index contributed by atoms with van der Waals surface area (Å²) in [6.07, 6.45) is 4.02. The lowest BCUT2D eigenvalue weighted by molar-refractivity contribution is -0.122. The molecule has 1 aromatic carbocycles. The van der Waals surface area contributed by atoms with E-state index in [9.17, 15) is 9.59 Å². The Morgan fingerprint density at radius 2 is 2.19 bits per heavy atom.